The number of esters is 1. The summed E-state index contributed by atoms with van der Waals surface area (Å²) in [5, 5.41) is 15.7. The highest BCUT2D eigenvalue weighted by molar-refractivity contribution is 7.98. The van der Waals surface area contributed by atoms with Gasteiger partial charge < -0.3 is 4.74 Å². The summed E-state index contributed by atoms with van der Waals surface area (Å²) in [7, 11) is 0. The fourth-order valence-electron chi connectivity index (χ4n) is 2.52. The number of non-ortho nitro benzene ring substituents is 1. The van der Waals surface area contributed by atoms with E-state index in [1.54, 1.807) is 11.4 Å². The number of ether oxygens (including phenoxy) is 1. The van der Waals surface area contributed by atoms with Crippen LogP contribution in [-0.4, -0.2) is 36.7 Å². The molecule has 0 spiro atoms. The predicted octanol–water partition coefficient (Wildman–Crippen LogP) is 3.17. The molecule has 2 heterocycles. The van der Waals surface area contributed by atoms with Crippen molar-refractivity contribution in [2.24, 2.45) is 0 Å². The second kappa shape index (κ2) is 7.49. The van der Waals surface area contributed by atoms with Gasteiger partial charge in [-0.3, -0.25) is 14.9 Å². The fraction of sp³-hybridized carbons (Fsp3) is 0.250. The van der Waals surface area contributed by atoms with Crippen molar-refractivity contribution in [3.63, 3.8) is 0 Å². The molecule has 3 aromatic rings. The summed E-state index contributed by atoms with van der Waals surface area (Å²) in [4.78, 5) is 31.2. The summed E-state index contributed by atoms with van der Waals surface area (Å²) >= 11 is 7.36. The monoisotopic (exact) mass is 407 g/mol. The average molecular weight is 408 g/mol. The maximum atomic E-state index is 12.4. The van der Waals surface area contributed by atoms with Gasteiger partial charge in [-0.1, -0.05) is 23.4 Å². The van der Waals surface area contributed by atoms with E-state index in [0.717, 1.165) is 11.8 Å². The van der Waals surface area contributed by atoms with Gasteiger partial charge in [0.2, 0.25) is 5.16 Å². The van der Waals surface area contributed by atoms with Crippen molar-refractivity contribution in [1.29, 1.82) is 0 Å². The zero-order valence-electron chi connectivity index (χ0n) is 14.6. The van der Waals surface area contributed by atoms with Gasteiger partial charge in [-0.05, 0) is 26.2 Å². The second-order valence-corrected chi connectivity index (χ2v) is 6.77. The summed E-state index contributed by atoms with van der Waals surface area (Å²) in [5.41, 5.74) is 1.86. The Balaban J connectivity index is 1.85. The molecule has 0 saturated heterocycles. The van der Waals surface area contributed by atoms with Crippen LogP contribution >= 0.6 is 23.4 Å². The van der Waals surface area contributed by atoms with E-state index in [0.29, 0.717) is 22.2 Å². The molecule has 11 heteroatoms. The predicted molar refractivity (Wildman–Crippen MR) is 99.5 cm³/mol. The largest absolute Gasteiger partial charge is 0.425 e. The van der Waals surface area contributed by atoms with Gasteiger partial charge >= 0.3 is 5.97 Å². The van der Waals surface area contributed by atoms with Crippen LogP contribution in [0.25, 0.3) is 5.78 Å². The lowest BCUT2D eigenvalue weighted by Gasteiger charge is -2.10. The van der Waals surface area contributed by atoms with Crippen LogP contribution < -0.4 is 4.74 Å². The van der Waals surface area contributed by atoms with Gasteiger partial charge in [0.05, 0.1) is 16.4 Å². The van der Waals surface area contributed by atoms with E-state index in [2.05, 4.69) is 15.1 Å². The van der Waals surface area contributed by atoms with E-state index in [9.17, 15) is 14.9 Å². The molecule has 0 aliphatic heterocycles. The number of aryl methyl sites for hydroxylation is 2. The first-order valence-electron chi connectivity index (χ1n) is 7.71. The highest BCUT2D eigenvalue weighted by Crippen LogP contribution is 2.29. The van der Waals surface area contributed by atoms with Gasteiger partial charge in [0.15, 0.2) is 0 Å². The molecule has 0 fully saturated rings. The Morgan fingerprint density at radius 1 is 1.37 bits per heavy atom. The van der Waals surface area contributed by atoms with Crippen LogP contribution in [0.2, 0.25) is 5.02 Å². The quantitative estimate of drug-likeness (QED) is 0.208. The van der Waals surface area contributed by atoms with Gasteiger partial charge in [-0.25, -0.2) is 9.50 Å². The number of rotatable bonds is 5. The van der Waals surface area contributed by atoms with E-state index in [1.165, 1.54) is 23.9 Å². The number of fused-ring (bicyclic) bond motifs is 1. The summed E-state index contributed by atoms with van der Waals surface area (Å²) in [6.45, 7) is 3.60. The van der Waals surface area contributed by atoms with Crippen molar-refractivity contribution >= 4 is 40.8 Å². The number of aromatic nitrogens is 4. The normalized spacial score (nSPS) is 11.0. The van der Waals surface area contributed by atoms with E-state index in [4.69, 9.17) is 16.3 Å². The topological polar surface area (TPSA) is 113 Å². The average Bonchev–Trinajstić information content (AvgIpc) is 3.03. The first-order valence-corrected chi connectivity index (χ1v) is 9.32. The first-order chi connectivity index (χ1) is 12.8. The molecule has 3 rings (SSSR count). The molecular weight excluding hydrogens is 394 g/mol. The highest BCUT2D eigenvalue weighted by Gasteiger charge is 2.18. The molecule has 0 unspecified atom stereocenters. The minimum absolute atomic E-state index is 0.0135. The Morgan fingerprint density at radius 3 is 2.74 bits per heavy atom. The van der Waals surface area contributed by atoms with E-state index < -0.39 is 10.9 Å². The molecule has 0 bridgehead atoms. The molecule has 140 valence electrons. The SMILES string of the molecule is CSc1nc2nc(C)c(CC(=O)Oc3ccc([N+](=O)[O-])cc3Cl)c(C)n2n1. The van der Waals surface area contributed by atoms with Gasteiger partial charge in [0, 0.05) is 29.1 Å². The lowest BCUT2D eigenvalue weighted by atomic mass is 10.1. The maximum absolute atomic E-state index is 12.4. The van der Waals surface area contributed by atoms with E-state index >= 15 is 0 Å². The van der Waals surface area contributed by atoms with Gasteiger partial charge in [-0.2, -0.15) is 4.98 Å². The summed E-state index contributed by atoms with van der Waals surface area (Å²) in [5.74, 6) is -0.0461. The van der Waals surface area contributed by atoms with Crippen LogP contribution in [-0.2, 0) is 11.2 Å². The van der Waals surface area contributed by atoms with E-state index in [-0.39, 0.29) is 22.9 Å². The Kier molecular flexibility index (Phi) is 5.29. The molecule has 0 saturated carbocycles. The Labute approximate surface area is 162 Å². The number of nitrogens with zero attached hydrogens (tertiary/aromatic N) is 5. The molecule has 1 aromatic carbocycles. The second-order valence-electron chi connectivity index (χ2n) is 5.59. The van der Waals surface area contributed by atoms with E-state index in [1.807, 2.05) is 13.2 Å². The number of halogens is 1. The maximum Gasteiger partial charge on any atom is 0.315 e. The van der Waals surface area contributed by atoms with Crippen LogP contribution in [0.4, 0.5) is 5.69 Å². The molecule has 0 amide bonds. The standard InChI is InChI=1S/C16H14ClN5O4S/c1-8-11(9(2)21-15(18-8)19-16(20-21)27-3)7-14(23)26-13-5-4-10(22(24)25)6-12(13)17/h4-6H,7H2,1-3H3. The molecule has 0 aliphatic carbocycles. The summed E-state index contributed by atoms with van der Waals surface area (Å²) in [6, 6.07) is 3.65. The van der Waals surface area contributed by atoms with Crippen molar-refractivity contribution in [3.8, 4) is 5.75 Å². The van der Waals surface area contributed by atoms with Crippen molar-refractivity contribution in [1.82, 2.24) is 19.6 Å². The zero-order chi connectivity index (χ0) is 19.7. The molecule has 27 heavy (non-hydrogen) atoms. The van der Waals surface area contributed by atoms with Crippen molar-refractivity contribution in [2.45, 2.75) is 25.4 Å². The number of carbonyl (C=O) groups excluding carboxylic acids is 1. The molecule has 9 nitrogen and oxygen atoms in total. The molecule has 2 aromatic heterocycles. The Bertz CT molecular complexity index is 1070. The molecule has 0 radical (unpaired) electrons. The van der Waals surface area contributed by atoms with Crippen LogP contribution in [0.1, 0.15) is 17.0 Å². The van der Waals surface area contributed by atoms with Crippen LogP contribution in [0.5, 0.6) is 5.75 Å². The van der Waals surface area contributed by atoms with Gasteiger partial charge in [0.1, 0.15) is 5.75 Å². The fourth-order valence-corrected chi connectivity index (χ4v) is 3.07. The van der Waals surface area contributed by atoms with Crippen LogP contribution in [0.3, 0.4) is 0 Å². The van der Waals surface area contributed by atoms with Crippen molar-refractivity contribution < 1.29 is 14.5 Å². The van der Waals surface area contributed by atoms with Gasteiger partial charge in [0.25, 0.3) is 11.5 Å². The van der Waals surface area contributed by atoms with Crippen LogP contribution in [0.15, 0.2) is 23.4 Å². The third-order valence-corrected chi connectivity index (χ3v) is 4.72. The minimum atomic E-state index is -0.577. The summed E-state index contributed by atoms with van der Waals surface area (Å²) < 4.78 is 6.85. The first kappa shape index (κ1) is 19.1. The number of benzene rings is 1. The summed E-state index contributed by atoms with van der Waals surface area (Å²) in [6.07, 6.45) is 1.81. The molecular formula is C16H14ClN5O4S. The number of hydrogen-bond acceptors (Lipinski definition) is 8. The number of hydrogen-bond donors (Lipinski definition) is 0. The minimum Gasteiger partial charge on any atom is -0.425 e. The lowest BCUT2D eigenvalue weighted by Crippen LogP contribution is -2.16. The third kappa shape index (κ3) is 3.86. The lowest BCUT2D eigenvalue weighted by molar-refractivity contribution is -0.384. The highest BCUT2D eigenvalue weighted by atomic mass is 35.5. The van der Waals surface area contributed by atoms with Gasteiger partial charge in [-0.15, -0.1) is 5.10 Å². The zero-order valence-corrected chi connectivity index (χ0v) is 16.2. The molecule has 0 N–H and O–H groups in total. The smallest absolute Gasteiger partial charge is 0.315 e. The van der Waals surface area contributed by atoms with Crippen molar-refractivity contribution in [2.75, 3.05) is 6.26 Å². The number of nitro groups is 1. The number of thioether (sulfide) groups is 1. The Hall–Kier alpha value is -2.72. The third-order valence-electron chi connectivity index (χ3n) is 3.88. The Morgan fingerprint density at radius 2 is 2.11 bits per heavy atom. The molecule has 0 aliphatic rings. The molecule has 0 atom stereocenters. The van der Waals surface area contributed by atoms with Crippen LogP contribution in [0, 0.1) is 24.0 Å². The van der Waals surface area contributed by atoms with Crippen molar-refractivity contribution in [3.05, 3.63) is 50.3 Å². The number of nitro benzene ring substituents is 1. The number of carbonyl (C=O) groups is 1.